The molecule has 0 saturated carbocycles. The molecule has 2 aromatic rings. The zero-order valence-electron chi connectivity index (χ0n) is 11.9. The first-order valence-corrected chi connectivity index (χ1v) is 7.87. The highest BCUT2D eigenvalue weighted by Crippen LogP contribution is 2.38. The van der Waals surface area contributed by atoms with Crippen LogP contribution in [0.3, 0.4) is 0 Å². The number of aryl methyl sites for hydroxylation is 1. The van der Waals surface area contributed by atoms with Crippen LogP contribution in [-0.4, -0.2) is 4.98 Å². The number of fused-ring (bicyclic) bond motifs is 1. The maximum Gasteiger partial charge on any atom is 0.113 e. The summed E-state index contributed by atoms with van der Waals surface area (Å²) in [6.07, 6.45) is 3.26. The van der Waals surface area contributed by atoms with E-state index in [9.17, 15) is 5.26 Å². The third kappa shape index (κ3) is 2.36. The summed E-state index contributed by atoms with van der Waals surface area (Å²) in [6, 6.07) is 13.1. The summed E-state index contributed by atoms with van der Waals surface area (Å²) >= 11 is 1.73. The van der Waals surface area contributed by atoms with Crippen LogP contribution in [0.5, 0.6) is 0 Å². The van der Waals surface area contributed by atoms with Crippen molar-refractivity contribution < 1.29 is 0 Å². The lowest BCUT2D eigenvalue weighted by molar-refractivity contribution is 0.581. The number of aromatic nitrogens is 1. The van der Waals surface area contributed by atoms with Gasteiger partial charge in [0.05, 0.1) is 11.8 Å². The van der Waals surface area contributed by atoms with Crippen molar-refractivity contribution in [3.63, 3.8) is 0 Å². The minimum atomic E-state index is -0.468. The Morgan fingerprint density at radius 1 is 1.30 bits per heavy atom. The Balaban J connectivity index is 1.88. The molecule has 0 radical (unpaired) electrons. The molecule has 0 saturated heterocycles. The van der Waals surface area contributed by atoms with Gasteiger partial charge in [-0.2, -0.15) is 5.26 Å². The highest BCUT2D eigenvalue weighted by atomic mass is 32.1. The van der Waals surface area contributed by atoms with E-state index in [2.05, 4.69) is 36.4 Å². The van der Waals surface area contributed by atoms with Gasteiger partial charge in [0.1, 0.15) is 10.4 Å². The Morgan fingerprint density at radius 2 is 2.05 bits per heavy atom. The van der Waals surface area contributed by atoms with Crippen LogP contribution in [-0.2, 0) is 18.3 Å². The van der Waals surface area contributed by atoms with Crippen LogP contribution in [0, 0.1) is 11.3 Å². The minimum absolute atomic E-state index is 0.468. The number of thiazole rings is 1. The summed E-state index contributed by atoms with van der Waals surface area (Å²) in [5, 5.41) is 10.2. The SMILES string of the molecule is CC(C)(C#N)c1nc2c(s1)CC(c1ccccc1)CC2. The van der Waals surface area contributed by atoms with Crippen LogP contribution in [0.25, 0.3) is 0 Å². The minimum Gasteiger partial charge on any atom is -0.244 e. The molecule has 0 spiro atoms. The molecule has 1 aliphatic carbocycles. The molecule has 1 unspecified atom stereocenters. The number of benzene rings is 1. The van der Waals surface area contributed by atoms with Crippen molar-refractivity contribution in [2.75, 3.05) is 0 Å². The van der Waals surface area contributed by atoms with E-state index in [-0.39, 0.29) is 0 Å². The largest absolute Gasteiger partial charge is 0.244 e. The lowest BCUT2D eigenvalue weighted by Crippen LogP contribution is -2.13. The maximum atomic E-state index is 9.26. The lowest BCUT2D eigenvalue weighted by atomic mass is 9.85. The van der Waals surface area contributed by atoms with Crippen molar-refractivity contribution in [1.29, 1.82) is 5.26 Å². The van der Waals surface area contributed by atoms with E-state index in [1.54, 1.807) is 11.3 Å². The smallest absolute Gasteiger partial charge is 0.113 e. The monoisotopic (exact) mass is 282 g/mol. The topological polar surface area (TPSA) is 36.7 Å². The molecule has 1 atom stereocenters. The van der Waals surface area contributed by atoms with Gasteiger partial charge < -0.3 is 0 Å². The second kappa shape index (κ2) is 5.03. The van der Waals surface area contributed by atoms with Gasteiger partial charge in [-0.3, -0.25) is 0 Å². The van der Waals surface area contributed by atoms with E-state index in [4.69, 9.17) is 4.98 Å². The van der Waals surface area contributed by atoms with Gasteiger partial charge in [0, 0.05) is 4.88 Å². The molecule has 2 nitrogen and oxygen atoms in total. The second-order valence-electron chi connectivity index (χ2n) is 5.98. The number of nitrogens with zero attached hydrogens (tertiary/aromatic N) is 2. The summed E-state index contributed by atoms with van der Waals surface area (Å²) in [5.74, 6) is 0.599. The van der Waals surface area contributed by atoms with E-state index in [0.717, 1.165) is 24.3 Å². The highest BCUT2D eigenvalue weighted by Gasteiger charge is 2.29. The van der Waals surface area contributed by atoms with Crippen LogP contribution in [0.1, 0.15) is 47.3 Å². The quantitative estimate of drug-likeness (QED) is 0.827. The van der Waals surface area contributed by atoms with Gasteiger partial charge in [-0.05, 0) is 44.6 Å². The van der Waals surface area contributed by atoms with Gasteiger partial charge in [-0.15, -0.1) is 11.3 Å². The van der Waals surface area contributed by atoms with E-state index in [1.165, 1.54) is 16.1 Å². The molecule has 0 N–H and O–H groups in total. The Bertz CT molecular complexity index is 649. The highest BCUT2D eigenvalue weighted by molar-refractivity contribution is 7.12. The molecular formula is C17H18N2S. The summed E-state index contributed by atoms with van der Waals surface area (Å²) in [4.78, 5) is 6.10. The zero-order valence-corrected chi connectivity index (χ0v) is 12.7. The Hall–Kier alpha value is -1.66. The molecule has 3 rings (SSSR count). The Kier molecular flexibility index (Phi) is 3.35. The first-order valence-electron chi connectivity index (χ1n) is 7.05. The molecule has 0 aliphatic heterocycles. The van der Waals surface area contributed by atoms with Gasteiger partial charge in [-0.25, -0.2) is 4.98 Å². The molecule has 0 fully saturated rings. The van der Waals surface area contributed by atoms with Crippen LogP contribution in [0.2, 0.25) is 0 Å². The van der Waals surface area contributed by atoms with Crippen molar-refractivity contribution in [3.05, 3.63) is 51.5 Å². The van der Waals surface area contributed by atoms with Crippen LogP contribution < -0.4 is 0 Å². The van der Waals surface area contributed by atoms with Gasteiger partial charge in [0.2, 0.25) is 0 Å². The van der Waals surface area contributed by atoms with Gasteiger partial charge in [0.25, 0.3) is 0 Å². The predicted molar refractivity (Wildman–Crippen MR) is 82.0 cm³/mol. The van der Waals surface area contributed by atoms with Crippen LogP contribution in [0.15, 0.2) is 30.3 Å². The van der Waals surface area contributed by atoms with Crippen LogP contribution in [0.4, 0.5) is 0 Å². The Morgan fingerprint density at radius 3 is 2.75 bits per heavy atom. The summed E-state index contributed by atoms with van der Waals surface area (Å²) in [7, 11) is 0. The summed E-state index contributed by atoms with van der Waals surface area (Å²) in [6.45, 7) is 3.90. The standard InChI is InChI=1S/C17H18N2S/c1-17(2,11-18)16-19-14-9-8-13(10-15(14)20-16)12-6-4-3-5-7-12/h3-7,13H,8-10H2,1-2H3. The third-order valence-corrected chi connectivity index (χ3v) is 5.47. The summed E-state index contributed by atoms with van der Waals surface area (Å²) in [5.41, 5.74) is 2.18. The second-order valence-corrected chi connectivity index (χ2v) is 7.06. The van der Waals surface area contributed by atoms with E-state index in [0.29, 0.717) is 5.92 Å². The van der Waals surface area contributed by atoms with Crippen molar-refractivity contribution in [1.82, 2.24) is 4.98 Å². The number of hydrogen-bond acceptors (Lipinski definition) is 3. The molecule has 3 heteroatoms. The fourth-order valence-corrected chi connectivity index (χ4v) is 3.94. The molecule has 20 heavy (non-hydrogen) atoms. The molecule has 1 heterocycles. The number of rotatable bonds is 2. The van der Waals surface area contributed by atoms with Gasteiger partial charge >= 0.3 is 0 Å². The molecule has 102 valence electrons. The fourth-order valence-electron chi connectivity index (χ4n) is 2.70. The average molecular weight is 282 g/mol. The van der Waals surface area contributed by atoms with Crippen LogP contribution >= 0.6 is 11.3 Å². The lowest BCUT2D eigenvalue weighted by Gasteiger charge is -2.21. The molecule has 0 amide bonds. The third-order valence-electron chi connectivity index (χ3n) is 4.02. The molecule has 0 bridgehead atoms. The summed E-state index contributed by atoms with van der Waals surface area (Å²) < 4.78 is 0. The van der Waals surface area contributed by atoms with Crippen molar-refractivity contribution in [2.24, 2.45) is 0 Å². The maximum absolute atomic E-state index is 9.26. The van der Waals surface area contributed by atoms with Crippen molar-refractivity contribution in [3.8, 4) is 6.07 Å². The van der Waals surface area contributed by atoms with Crippen molar-refractivity contribution in [2.45, 2.75) is 44.4 Å². The number of hydrogen-bond donors (Lipinski definition) is 0. The first-order chi connectivity index (χ1) is 9.60. The Labute approximate surface area is 124 Å². The fraction of sp³-hybridized carbons (Fsp3) is 0.412. The average Bonchev–Trinajstić information content (AvgIpc) is 2.92. The predicted octanol–water partition coefficient (Wildman–Crippen LogP) is 4.22. The molecule has 1 aromatic carbocycles. The van der Waals surface area contributed by atoms with Gasteiger partial charge in [0.15, 0.2) is 0 Å². The molecule has 1 aliphatic rings. The normalized spacial score (nSPS) is 18.4. The van der Waals surface area contributed by atoms with E-state index >= 15 is 0 Å². The zero-order chi connectivity index (χ0) is 14.2. The van der Waals surface area contributed by atoms with Crippen molar-refractivity contribution >= 4 is 11.3 Å². The first kappa shape index (κ1) is 13.3. The van der Waals surface area contributed by atoms with E-state index < -0.39 is 5.41 Å². The molecular weight excluding hydrogens is 264 g/mol. The molecule has 1 aromatic heterocycles. The van der Waals surface area contributed by atoms with E-state index in [1.807, 2.05) is 13.8 Å². The number of nitriles is 1. The van der Waals surface area contributed by atoms with Gasteiger partial charge in [-0.1, -0.05) is 30.3 Å².